The number of likely N-dealkylation sites (tertiary alicyclic amines) is 1. The highest BCUT2D eigenvalue weighted by atomic mass is 32.2. The van der Waals surface area contributed by atoms with Gasteiger partial charge in [0.1, 0.15) is 0 Å². The zero-order chi connectivity index (χ0) is 30.6. The zero-order valence-corrected chi connectivity index (χ0v) is 23.8. The number of hydrogen-bond donors (Lipinski definition) is 1. The van der Waals surface area contributed by atoms with Gasteiger partial charge >= 0.3 is 12.1 Å². The second-order valence-corrected chi connectivity index (χ2v) is 12.7. The van der Waals surface area contributed by atoms with Crippen LogP contribution in [0.25, 0.3) is 11.3 Å². The number of halogens is 5. The summed E-state index contributed by atoms with van der Waals surface area (Å²) in [6.07, 6.45) is -3.62. The molecule has 0 aliphatic carbocycles. The summed E-state index contributed by atoms with van der Waals surface area (Å²) < 4.78 is 95.3. The molecule has 0 bridgehead atoms. The number of benzene rings is 1. The van der Waals surface area contributed by atoms with Gasteiger partial charge in [0, 0.05) is 44.3 Å². The number of aromatic nitrogens is 2. The predicted molar refractivity (Wildman–Crippen MR) is 141 cm³/mol. The highest BCUT2D eigenvalue weighted by Crippen LogP contribution is 2.39. The number of sulfone groups is 1. The van der Waals surface area contributed by atoms with Gasteiger partial charge < -0.3 is 9.64 Å². The van der Waals surface area contributed by atoms with E-state index in [1.165, 1.54) is 30.5 Å². The molecule has 2 aliphatic heterocycles. The first-order chi connectivity index (χ1) is 19.8. The smallest absolute Gasteiger partial charge is 0.350 e. The van der Waals surface area contributed by atoms with Crippen molar-refractivity contribution in [2.24, 2.45) is 0 Å². The molecule has 1 aromatic carbocycles. The molecule has 2 aliphatic rings. The predicted octanol–water partition coefficient (Wildman–Crippen LogP) is 4.48. The number of piperidine rings is 1. The van der Waals surface area contributed by atoms with Crippen molar-refractivity contribution in [2.45, 2.75) is 79.9 Å². The van der Waals surface area contributed by atoms with Crippen LogP contribution in [0.5, 0.6) is 0 Å². The maximum atomic E-state index is 14.0. The first-order valence-corrected chi connectivity index (χ1v) is 15.2. The highest BCUT2D eigenvalue weighted by Gasteiger charge is 2.56. The lowest BCUT2D eigenvalue weighted by atomic mass is 9.95. The third kappa shape index (κ3) is 6.90. The van der Waals surface area contributed by atoms with Crippen LogP contribution in [0.1, 0.15) is 51.1 Å². The van der Waals surface area contributed by atoms with E-state index in [-0.39, 0.29) is 29.1 Å². The fourth-order valence-electron chi connectivity index (χ4n) is 4.95. The standard InChI is InChI=1S/C27H33F5N4O5S/c1-2-36-14-12-25(13-15-36,24(37)35-41-23-5-3-4-16-40-23)42(38,39)21-8-6-19(7-9-21)22-18-33-20(17-34-22)10-11-26(28,29)27(30,31)32/h6-9,17-18,23H,2-5,10-16H2,1H3,(H,35,37). The molecule has 0 saturated carbocycles. The number of alkyl halides is 5. The summed E-state index contributed by atoms with van der Waals surface area (Å²) in [5.41, 5.74) is 3.00. The SMILES string of the molecule is CCN1CCC(C(=O)NOC2CCCCO2)(S(=O)(=O)c2ccc(-c3cnc(CCC(F)(F)C(F)(F)F)cn3)cc2)CC1. The lowest BCUT2D eigenvalue weighted by molar-refractivity contribution is -0.284. The van der Waals surface area contributed by atoms with Gasteiger partial charge in [-0.25, -0.2) is 18.7 Å². The van der Waals surface area contributed by atoms with Crippen molar-refractivity contribution in [1.29, 1.82) is 0 Å². The van der Waals surface area contributed by atoms with E-state index < -0.39 is 51.7 Å². The molecule has 4 rings (SSSR count). The third-order valence-electron chi connectivity index (χ3n) is 7.74. The van der Waals surface area contributed by atoms with E-state index in [0.717, 1.165) is 19.0 Å². The quantitative estimate of drug-likeness (QED) is 0.306. The Balaban J connectivity index is 1.50. The average Bonchev–Trinajstić information content (AvgIpc) is 2.99. The Bertz CT molecular complexity index is 1310. The first kappa shape index (κ1) is 32.2. The summed E-state index contributed by atoms with van der Waals surface area (Å²) in [6, 6.07) is 5.62. The van der Waals surface area contributed by atoms with Gasteiger partial charge in [-0.2, -0.15) is 22.0 Å². The molecular weight excluding hydrogens is 587 g/mol. The molecule has 1 unspecified atom stereocenters. The Labute approximate surface area is 240 Å². The van der Waals surface area contributed by atoms with Crippen molar-refractivity contribution in [1.82, 2.24) is 20.3 Å². The molecule has 1 amide bonds. The minimum absolute atomic E-state index is 0.0471. The van der Waals surface area contributed by atoms with Crippen LogP contribution < -0.4 is 5.48 Å². The lowest BCUT2D eigenvalue weighted by Crippen LogP contribution is -2.58. The molecule has 1 N–H and O–H groups in total. The topological polar surface area (TPSA) is 111 Å². The van der Waals surface area contributed by atoms with Crippen molar-refractivity contribution in [2.75, 3.05) is 26.2 Å². The largest absolute Gasteiger partial charge is 0.453 e. The Kier molecular flexibility index (Phi) is 9.85. The number of nitrogens with zero attached hydrogens (tertiary/aromatic N) is 3. The number of nitrogens with one attached hydrogen (secondary N) is 1. The van der Waals surface area contributed by atoms with Crippen LogP contribution in [0.15, 0.2) is 41.6 Å². The number of ether oxygens (including phenoxy) is 1. The van der Waals surface area contributed by atoms with Crippen molar-refractivity contribution < 1.29 is 44.7 Å². The molecule has 0 spiro atoms. The maximum Gasteiger partial charge on any atom is 0.453 e. The van der Waals surface area contributed by atoms with E-state index in [1.807, 2.05) is 6.92 Å². The van der Waals surface area contributed by atoms with Gasteiger partial charge in [-0.15, -0.1) is 0 Å². The van der Waals surface area contributed by atoms with Gasteiger partial charge in [-0.05, 0) is 50.8 Å². The van der Waals surface area contributed by atoms with Crippen LogP contribution in [0.2, 0.25) is 0 Å². The van der Waals surface area contributed by atoms with Gasteiger partial charge in [0.25, 0.3) is 5.91 Å². The summed E-state index contributed by atoms with van der Waals surface area (Å²) in [5, 5.41) is 0. The van der Waals surface area contributed by atoms with Gasteiger partial charge in [0.15, 0.2) is 20.9 Å². The van der Waals surface area contributed by atoms with E-state index in [1.54, 1.807) is 0 Å². The van der Waals surface area contributed by atoms with E-state index in [4.69, 9.17) is 9.57 Å². The summed E-state index contributed by atoms with van der Waals surface area (Å²) in [6.45, 7) is 3.96. The summed E-state index contributed by atoms with van der Waals surface area (Å²) in [7, 11) is -4.21. The maximum absolute atomic E-state index is 14.0. The molecule has 2 fully saturated rings. The number of aryl methyl sites for hydroxylation is 1. The van der Waals surface area contributed by atoms with Crippen LogP contribution in [0.3, 0.4) is 0 Å². The molecule has 42 heavy (non-hydrogen) atoms. The Hall–Kier alpha value is -2.75. The number of hydrogen-bond acceptors (Lipinski definition) is 8. The van der Waals surface area contributed by atoms with Crippen molar-refractivity contribution in [3.8, 4) is 11.3 Å². The molecule has 2 saturated heterocycles. The van der Waals surface area contributed by atoms with Crippen molar-refractivity contribution >= 4 is 15.7 Å². The first-order valence-electron chi connectivity index (χ1n) is 13.7. The van der Waals surface area contributed by atoms with E-state index in [0.29, 0.717) is 38.2 Å². The third-order valence-corrected chi connectivity index (χ3v) is 10.3. The van der Waals surface area contributed by atoms with E-state index in [2.05, 4.69) is 20.3 Å². The Morgan fingerprint density at radius 2 is 1.79 bits per heavy atom. The number of amides is 1. The number of rotatable bonds is 10. The number of hydroxylamine groups is 1. The zero-order valence-electron chi connectivity index (χ0n) is 23.0. The lowest BCUT2D eigenvalue weighted by Gasteiger charge is -2.39. The molecule has 3 heterocycles. The van der Waals surface area contributed by atoms with Gasteiger partial charge in [-0.3, -0.25) is 14.8 Å². The normalized spacial score (nSPS) is 20.3. The van der Waals surface area contributed by atoms with Gasteiger partial charge in [0.2, 0.25) is 0 Å². The van der Waals surface area contributed by atoms with Crippen LogP contribution in [0, 0.1) is 0 Å². The average molecular weight is 621 g/mol. The van der Waals surface area contributed by atoms with E-state index >= 15 is 0 Å². The van der Waals surface area contributed by atoms with Crippen molar-refractivity contribution in [3.05, 3.63) is 42.4 Å². The number of carbonyl (C=O) groups is 1. The highest BCUT2D eigenvalue weighted by molar-refractivity contribution is 7.93. The Morgan fingerprint density at radius 3 is 2.33 bits per heavy atom. The molecule has 9 nitrogen and oxygen atoms in total. The summed E-state index contributed by atoms with van der Waals surface area (Å²) in [4.78, 5) is 28.9. The van der Waals surface area contributed by atoms with Crippen LogP contribution in [0.4, 0.5) is 22.0 Å². The summed E-state index contributed by atoms with van der Waals surface area (Å²) in [5.74, 6) is -5.60. The minimum Gasteiger partial charge on any atom is -0.350 e. The molecule has 232 valence electrons. The molecule has 1 aromatic heterocycles. The molecule has 0 radical (unpaired) electrons. The minimum atomic E-state index is -5.65. The molecule has 15 heteroatoms. The molecule has 2 aromatic rings. The van der Waals surface area contributed by atoms with Crippen LogP contribution >= 0.6 is 0 Å². The van der Waals surface area contributed by atoms with Crippen LogP contribution in [-0.4, -0.2) is 78.6 Å². The summed E-state index contributed by atoms with van der Waals surface area (Å²) >= 11 is 0. The molecular formula is C27H33F5N4O5S. The van der Waals surface area contributed by atoms with Gasteiger partial charge in [-0.1, -0.05) is 19.1 Å². The Morgan fingerprint density at radius 1 is 1.10 bits per heavy atom. The fraction of sp³-hybridized carbons (Fsp3) is 0.593. The second kappa shape index (κ2) is 12.9. The molecule has 1 atom stereocenters. The fourth-order valence-corrected chi connectivity index (χ4v) is 6.91. The number of carbonyl (C=O) groups excluding carboxylic acids is 1. The van der Waals surface area contributed by atoms with Gasteiger partial charge in [0.05, 0.1) is 22.5 Å². The van der Waals surface area contributed by atoms with E-state index in [9.17, 15) is 35.2 Å². The monoisotopic (exact) mass is 620 g/mol. The van der Waals surface area contributed by atoms with Crippen LogP contribution in [-0.2, 0) is 30.6 Å². The van der Waals surface area contributed by atoms with Crippen molar-refractivity contribution in [3.63, 3.8) is 0 Å². The second-order valence-electron chi connectivity index (χ2n) is 10.4.